The van der Waals surface area contributed by atoms with Gasteiger partial charge in [-0.1, -0.05) is 6.92 Å². The van der Waals surface area contributed by atoms with Crippen LogP contribution in [0.2, 0.25) is 0 Å². The molecule has 0 atom stereocenters. The molecule has 0 aliphatic heterocycles. The highest BCUT2D eigenvalue weighted by Crippen LogP contribution is 2.10. The Hall–Kier alpha value is -1.18. The van der Waals surface area contributed by atoms with Gasteiger partial charge in [0.2, 0.25) is 0 Å². The van der Waals surface area contributed by atoms with Crippen LogP contribution in [0.4, 0.5) is 10.1 Å². The number of nitrogens with zero attached hydrogens (tertiary/aromatic N) is 1. The van der Waals surface area contributed by atoms with Crippen molar-refractivity contribution in [3.05, 3.63) is 30.1 Å². The van der Waals surface area contributed by atoms with Gasteiger partial charge in [-0.2, -0.15) is 0 Å². The highest BCUT2D eigenvalue weighted by Gasteiger charge is 1.87. The minimum atomic E-state index is -0.222. The van der Waals surface area contributed by atoms with E-state index in [-0.39, 0.29) is 5.82 Å². The summed E-state index contributed by atoms with van der Waals surface area (Å²) < 4.78 is 12.4. The van der Waals surface area contributed by atoms with Gasteiger partial charge in [0.1, 0.15) is 5.82 Å². The molecule has 0 aromatic heterocycles. The molecule has 0 aliphatic carbocycles. The first-order chi connectivity index (χ1) is 5.33. The molecule has 0 spiro atoms. The molecule has 0 amide bonds. The van der Waals surface area contributed by atoms with E-state index in [9.17, 15) is 4.39 Å². The monoisotopic (exact) mass is 151 g/mol. The minimum absolute atomic E-state index is 0.222. The second-order valence-electron chi connectivity index (χ2n) is 2.20. The van der Waals surface area contributed by atoms with Crippen LogP contribution in [0.1, 0.15) is 13.3 Å². The van der Waals surface area contributed by atoms with Crippen molar-refractivity contribution in [2.45, 2.75) is 13.3 Å². The van der Waals surface area contributed by atoms with Crippen LogP contribution in [-0.4, -0.2) is 6.21 Å². The third-order valence-electron chi connectivity index (χ3n) is 1.25. The van der Waals surface area contributed by atoms with Gasteiger partial charge < -0.3 is 0 Å². The summed E-state index contributed by atoms with van der Waals surface area (Å²) in [7, 11) is 0. The summed E-state index contributed by atoms with van der Waals surface area (Å²) in [6.45, 7) is 2.01. The van der Waals surface area contributed by atoms with Crippen molar-refractivity contribution >= 4 is 11.9 Å². The Morgan fingerprint density at radius 3 is 2.55 bits per heavy atom. The topological polar surface area (TPSA) is 12.4 Å². The number of aliphatic imine (C=N–C) groups is 1. The predicted molar refractivity (Wildman–Crippen MR) is 44.8 cm³/mol. The molecule has 0 N–H and O–H groups in total. The molecule has 0 saturated heterocycles. The quantitative estimate of drug-likeness (QED) is 0.576. The van der Waals surface area contributed by atoms with Crippen LogP contribution in [0.25, 0.3) is 0 Å². The third kappa shape index (κ3) is 2.50. The molecule has 0 unspecified atom stereocenters. The van der Waals surface area contributed by atoms with Crippen LogP contribution in [0, 0.1) is 5.82 Å². The molecule has 0 radical (unpaired) electrons. The molecule has 0 aliphatic rings. The van der Waals surface area contributed by atoms with Crippen molar-refractivity contribution in [2.75, 3.05) is 0 Å². The summed E-state index contributed by atoms with van der Waals surface area (Å²) in [5, 5.41) is 0. The molecule has 11 heavy (non-hydrogen) atoms. The van der Waals surface area contributed by atoms with Crippen molar-refractivity contribution in [1.29, 1.82) is 0 Å². The zero-order chi connectivity index (χ0) is 8.10. The van der Waals surface area contributed by atoms with Crippen molar-refractivity contribution in [3.63, 3.8) is 0 Å². The predicted octanol–water partition coefficient (Wildman–Crippen LogP) is 2.94. The molecule has 0 fully saturated rings. The average Bonchev–Trinajstić information content (AvgIpc) is 2.04. The zero-order valence-electron chi connectivity index (χ0n) is 6.42. The summed E-state index contributed by atoms with van der Waals surface area (Å²) in [5.41, 5.74) is 0.799. The Balaban J connectivity index is 2.73. The first kappa shape index (κ1) is 7.92. The summed E-state index contributed by atoms with van der Waals surface area (Å²) in [6, 6.07) is 6.12. The van der Waals surface area contributed by atoms with E-state index in [1.54, 1.807) is 18.3 Å². The normalized spacial score (nSPS) is 10.7. The Morgan fingerprint density at radius 1 is 1.36 bits per heavy atom. The van der Waals surface area contributed by atoms with E-state index in [2.05, 4.69) is 4.99 Å². The van der Waals surface area contributed by atoms with Gasteiger partial charge in [-0.3, -0.25) is 4.99 Å². The highest BCUT2D eigenvalue weighted by atomic mass is 19.1. The standard InChI is InChI=1S/C9H10FN/c1-2-7-11-9-5-3-8(10)4-6-9/h3-7H,2H2,1H3. The van der Waals surface area contributed by atoms with Crippen molar-refractivity contribution < 1.29 is 4.39 Å². The molecule has 1 nitrogen and oxygen atoms in total. The summed E-state index contributed by atoms with van der Waals surface area (Å²) in [6.07, 6.45) is 2.70. The van der Waals surface area contributed by atoms with Gasteiger partial charge in [0.15, 0.2) is 0 Å². The highest BCUT2D eigenvalue weighted by molar-refractivity contribution is 5.62. The van der Waals surface area contributed by atoms with Crippen LogP contribution in [0.5, 0.6) is 0 Å². The Kier molecular flexibility index (Phi) is 2.78. The average molecular weight is 151 g/mol. The first-order valence-corrected chi connectivity index (χ1v) is 3.61. The van der Waals surface area contributed by atoms with Gasteiger partial charge in [-0.15, -0.1) is 0 Å². The van der Waals surface area contributed by atoms with Gasteiger partial charge in [-0.05, 0) is 30.7 Å². The molecule has 1 aromatic carbocycles. The second kappa shape index (κ2) is 3.86. The van der Waals surface area contributed by atoms with E-state index in [0.717, 1.165) is 12.1 Å². The lowest BCUT2D eigenvalue weighted by Crippen LogP contribution is -1.71. The maximum absolute atomic E-state index is 12.4. The molecule has 1 aromatic rings. The smallest absolute Gasteiger partial charge is 0.123 e. The van der Waals surface area contributed by atoms with Crippen LogP contribution in [0.3, 0.4) is 0 Å². The maximum Gasteiger partial charge on any atom is 0.123 e. The van der Waals surface area contributed by atoms with Crippen molar-refractivity contribution in [2.24, 2.45) is 4.99 Å². The Bertz CT molecular complexity index is 238. The van der Waals surface area contributed by atoms with Gasteiger partial charge >= 0.3 is 0 Å². The first-order valence-electron chi connectivity index (χ1n) is 3.61. The summed E-state index contributed by atoms with van der Waals surface area (Å²) >= 11 is 0. The van der Waals surface area contributed by atoms with Gasteiger partial charge in [0, 0.05) is 6.21 Å². The fourth-order valence-corrected chi connectivity index (χ4v) is 0.724. The van der Waals surface area contributed by atoms with Crippen LogP contribution < -0.4 is 0 Å². The molecule has 2 heteroatoms. The summed E-state index contributed by atoms with van der Waals surface area (Å²) in [5.74, 6) is -0.222. The molecular weight excluding hydrogens is 141 g/mol. The van der Waals surface area contributed by atoms with E-state index in [0.29, 0.717) is 0 Å². The fourth-order valence-electron chi connectivity index (χ4n) is 0.724. The summed E-state index contributed by atoms with van der Waals surface area (Å²) in [4.78, 5) is 4.07. The largest absolute Gasteiger partial charge is 0.261 e. The van der Waals surface area contributed by atoms with Crippen LogP contribution >= 0.6 is 0 Å². The third-order valence-corrected chi connectivity index (χ3v) is 1.25. The number of halogens is 1. The van der Waals surface area contributed by atoms with E-state index in [1.165, 1.54) is 12.1 Å². The Morgan fingerprint density at radius 2 is 2.00 bits per heavy atom. The molecule has 0 bridgehead atoms. The lowest BCUT2D eigenvalue weighted by molar-refractivity contribution is 0.628. The van der Waals surface area contributed by atoms with Crippen molar-refractivity contribution in [1.82, 2.24) is 0 Å². The van der Waals surface area contributed by atoms with Gasteiger partial charge in [-0.25, -0.2) is 4.39 Å². The number of rotatable bonds is 2. The van der Waals surface area contributed by atoms with E-state index in [4.69, 9.17) is 0 Å². The van der Waals surface area contributed by atoms with Crippen molar-refractivity contribution in [3.8, 4) is 0 Å². The van der Waals surface area contributed by atoms with E-state index >= 15 is 0 Å². The van der Waals surface area contributed by atoms with E-state index < -0.39 is 0 Å². The number of benzene rings is 1. The van der Waals surface area contributed by atoms with Crippen LogP contribution in [0.15, 0.2) is 29.3 Å². The zero-order valence-corrected chi connectivity index (χ0v) is 6.42. The fraction of sp³-hybridized carbons (Fsp3) is 0.222. The van der Waals surface area contributed by atoms with Gasteiger partial charge in [0.05, 0.1) is 5.69 Å². The van der Waals surface area contributed by atoms with Crippen LogP contribution in [-0.2, 0) is 0 Å². The minimum Gasteiger partial charge on any atom is -0.261 e. The second-order valence-corrected chi connectivity index (χ2v) is 2.20. The maximum atomic E-state index is 12.4. The SMILES string of the molecule is CCC=Nc1ccc(F)cc1. The Labute approximate surface area is 65.6 Å². The molecule has 0 saturated carbocycles. The van der Waals surface area contributed by atoms with E-state index in [1.807, 2.05) is 6.92 Å². The molecular formula is C9H10FN. The molecule has 58 valence electrons. The number of hydrogen-bond donors (Lipinski definition) is 0. The molecule has 1 rings (SSSR count). The lowest BCUT2D eigenvalue weighted by atomic mass is 10.3. The molecule has 0 heterocycles. The lowest BCUT2D eigenvalue weighted by Gasteiger charge is -1.90. The van der Waals surface area contributed by atoms with Gasteiger partial charge in [0.25, 0.3) is 0 Å². The number of hydrogen-bond acceptors (Lipinski definition) is 1.